The summed E-state index contributed by atoms with van der Waals surface area (Å²) in [7, 11) is 0. The molecule has 0 bridgehead atoms. The molecule has 1 fully saturated rings. The van der Waals surface area contributed by atoms with Crippen LogP contribution in [0, 0.1) is 21.3 Å². The van der Waals surface area contributed by atoms with E-state index >= 15 is 0 Å². The van der Waals surface area contributed by atoms with Gasteiger partial charge in [0.25, 0.3) is 0 Å². The van der Waals surface area contributed by atoms with Crippen LogP contribution in [0.2, 0.25) is 0 Å². The number of rotatable bonds is 5. The summed E-state index contributed by atoms with van der Waals surface area (Å²) in [5.41, 5.74) is -0.506. The van der Waals surface area contributed by atoms with Gasteiger partial charge in [-0.3, -0.25) is 10.1 Å². The van der Waals surface area contributed by atoms with E-state index in [9.17, 15) is 14.5 Å². The molecule has 0 aliphatic heterocycles. The third-order valence-corrected chi connectivity index (χ3v) is 5.00. The van der Waals surface area contributed by atoms with Crippen molar-refractivity contribution < 1.29 is 14.1 Å². The number of halogens is 2. The number of nitro groups is 1. The lowest BCUT2D eigenvalue weighted by Gasteiger charge is -2.52. The summed E-state index contributed by atoms with van der Waals surface area (Å²) in [4.78, 5) is 10.3. The lowest BCUT2D eigenvalue weighted by Crippen LogP contribution is -2.56. The second-order valence-electron chi connectivity index (χ2n) is 5.12. The molecule has 1 aromatic carbocycles. The highest BCUT2D eigenvalue weighted by Gasteiger charge is 2.53. The average molecular weight is 302 g/mol. The largest absolute Gasteiger partial charge is 0.483 e. The molecule has 0 amide bonds. The minimum absolute atomic E-state index is 0.0157. The van der Waals surface area contributed by atoms with E-state index in [0.29, 0.717) is 6.42 Å². The first-order valence-corrected chi connectivity index (χ1v) is 7.13. The van der Waals surface area contributed by atoms with Crippen LogP contribution in [0.1, 0.15) is 33.1 Å². The van der Waals surface area contributed by atoms with Gasteiger partial charge < -0.3 is 4.74 Å². The predicted molar refractivity (Wildman–Crippen MR) is 74.7 cm³/mol. The number of hydrogen-bond donors (Lipinski definition) is 0. The molecule has 1 aliphatic rings. The molecule has 20 heavy (non-hydrogen) atoms. The van der Waals surface area contributed by atoms with Crippen LogP contribution in [0.5, 0.6) is 5.75 Å². The maximum Gasteiger partial charge on any atom is 0.313 e. The molecule has 2 unspecified atom stereocenters. The van der Waals surface area contributed by atoms with Crippen molar-refractivity contribution in [1.82, 2.24) is 0 Å². The normalized spacial score (nSPS) is 24.0. The summed E-state index contributed by atoms with van der Waals surface area (Å²) in [6.07, 6.45) is 2.18. The van der Waals surface area contributed by atoms with Crippen LogP contribution in [-0.4, -0.2) is 16.4 Å². The Morgan fingerprint density at radius 3 is 2.65 bits per heavy atom. The maximum absolute atomic E-state index is 13.1. The van der Waals surface area contributed by atoms with E-state index < -0.39 is 10.7 Å². The molecule has 1 saturated carbocycles. The van der Waals surface area contributed by atoms with Crippen molar-refractivity contribution in [1.29, 1.82) is 0 Å². The zero-order valence-corrected chi connectivity index (χ0v) is 12.2. The quantitative estimate of drug-likeness (QED) is 0.463. The van der Waals surface area contributed by atoms with Crippen molar-refractivity contribution in [2.24, 2.45) is 5.41 Å². The van der Waals surface area contributed by atoms with Crippen molar-refractivity contribution in [3.8, 4) is 5.75 Å². The second-order valence-corrected chi connectivity index (χ2v) is 5.65. The molecule has 0 heterocycles. The summed E-state index contributed by atoms with van der Waals surface area (Å²) < 4.78 is 18.9. The summed E-state index contributed by atoms with van der Waals surface area (Å²) >= 11 is 6.29. The topological polar surface area (TPSA) is 52.4 Å². The Bertz CT molecular complexity index is 519. The minimum Gasteiger partial charge on any atom is -0.483 e. The van der Waals surface area contributed by atoms with Crippen LogP contribution in [0.4, 0.5) is 10.1 Å². The Morgan fingerprint density at radius 2 is 2.15 bits per heavy atom. The lowest BCUT2D eigenvalue weighted by molar-refractivity contribution is -0.386. The third kappa shape index (κ3) is 2.35. The summed E-state index contributed by atoms with van der Waals surface area (Å²) in [5, 5.41) is 11.0. The first-order chi connectivity index (χ1) is 9.44. The first kappa shape index (κ1) is 15.0. The van der Waals surface area contributed by atoms with Gasteiger partial charge in [0.1, 0.15) is 11.9 Å². The molecular formula is C14H17ClFNO3. The molecule has 2 atom stereocenters. The van der Waals surface area contributed by atoms with E-state index in [1.54, 1.807) is 0 Å². The average Bonchev–Trinajstić information content (AvgIpc) is 2.41. The van der Waals surface area contributed by atoms with E-state index in [4.69, 9.17) is 16.3 Å². The fraction of sp³-hybridized carbons (Fsp3) is 0.571. The van der Waals surface area contributed by atoms with Crippen LogP contribution in [0.15, 0.2) is 18.2 Å². The maximum atomic E-state index is 13.1. The fourth-order valence-corrected chi connectivity index (χ4v) is 3.51. The monoisotopic (exact) mass is 301 g/mol. The van der Waals surface area contributed by atoms with Crippen LogP contribution >= 0.6 is 11.6 Å². The lowest BCUT2D eigenvalue weighted by atomic mass is 9.62. The molecule has 0 spiro atoms. The molecule has 4 nitrogen and oxygen atoms in total. The van der Waals surface area contributed by atoms with Gasteiger partial charge in [0.15, 0.2) is 5.75 Å². The van der Waals surface area contributed by atoms with Crippen molar-refractivity contribution in [2.75, 3.05) is 0 Å². The molecular weight excluding hydrogens is 285 g/mol. The minimum atomic E-state index is -0.648. The SMILES string of the molecule is CCC1(CC)C(Cl)CC1Oc1ccc(F)cc1[N+](=O)[O-]. The molecule has 2 rings (SSSR count). The Balaban J connectivity index is 2.25. The first-order valence-electron chi connectivity index (χ1n) is 6.69. The van der Waals surface area contributed by atoms with Gasteiger partial charge in [0.2, 0.25) is 0 Å². The molecule has 1 aliphatic carbocycles. The number of ether oxygens (including phenoxy) is 1. The number of alkyl halides is 1. The molecule has 0 aromatic heterocycles. The van der Waals surface area contributed by atoms with Gasteiger partial charge in [0.05, 0.1) is 11.0 Å². The van der Waals surface area contributed by atoms with E-state index in [-0.39, 0.29) is 28.3 Å². The van der Waals surface area contributed by atoms with Crippen LogP contribution in [0.3, 0.4) is 0 Å². The Hall–Kier alpha value is -1.36. The number of nitro benzene ring substituents is 1. The molecule has 1 aromatic rings. The molecule has 0 N–H and O–H groups in total. The van der Waals surface area contributed by atoms with Crippen molar-refractivity contribution in [3.63, 3.8) is 0 Å². The predicted octanol–water partition coefficient (Wildman–Crippen LogP) is 4.30. The van der Waals surface area contributed by atoms with Crippen molar-refractivity contribution in [2.45, 2.75) is 44.6 Å². The van der Waals surface area contributed by atoms with Gasteiger partial charge in [0, 0.05) is 17.2 Å². The van der Waals surface area contributed by atoms with Gasteiger partial charge >= 0.3 is 5.69 Å². The summed E-state index contributed by atoms with van der Waals surface area (Å²) in [6, 6.07) is 3.36. The van der Waals surface area contributed by atoms with Gasteiger partial charge in [-0.1, -0.05) is 13.8 Å². The van der Waals surface area contributed by atoms with Crippen LogP contribution in [-0.2, 0) is 0 Å². The highest BCUT2D eigenvalue weighted by atomic mass is 35.5. The zero-order valence-electron chi connectivity index (χ0n) is 11.4. The summed E-state index contributed by atoms with van der Waals surface area (Å²) in [6.45, 7) is 4.07. The molecule has 0 radical (unpaired) electrons. The van der Waals surface area contributed by atoms with Gasteiger partial charge in [-0.15, -0.1) is 11.6 Å². The Labute approximate surface area is 122 Å². The van der Waals surface area contributed by atoms with Gasteiger partial charge in [-0.05, 0) is 25.0 Å². The van der Waals surface area contributed by atoms with E-state index in [0.717, 1.165) is 18.9 Å². The van der Waals surface area contributed by atoms with E-state index in [2.05, 4.69) is 0 Å². The molecule has 6 heteroatoms. The number of benzene rings is 1. The standard InChI is InChI=1S/C14H17ClFNO3/c1-3-14(4-2)12(15)8-13(14)20-11-6-5-9(16)7-10(11)17(18)19/h5-7,12-13H,3-4,8H2,1-2H3. The fourth-order valence-electron chi connectivity index (χ4n) is 2.90. The van der Waals surface area contributed by atoms with E-state index in [1.165, 1.54) is 12.1 Å². The third-order valence-electron chi connectivity index (χ3n) is 4.39. The highest BCUT2D eigenvalue weighted by Crippen LogP contribution is 2.52. The highest BCUT2D eigenvalue weighted by molar-refractivity contribution is 6.21. The zero-order chi connectivity index (χ0) is 14.9. The van der Waals surface area contributed by atoms with E-state index in [1.807, 2.05) is 13.8 Å². The molecule has 110 valence electrons. The number of hydrogen-bond acceptors (Lipinski definition) is 3. The Kier molecular flexibility index (Phi) is 4.18. The number of nitrogens with zero attached hydrogens (tertiary/aromatic N) is 1. The van der Waals surface area contributed by atoms with Crippen molar-refractivity contribution >= 4 is 17.3 Å². The van der Waals surface area contributed by atoms with Crippen LogP contribution in [0.25, 0.3) is 0 Å². The molecule has 0 saturated heterocycles. The van der Waals surface area contributed by atoms with Crippen LogP contribution < -0.4 is 4.74 Å². The van der Waals surface area contributed by atoms with Gasteiger partial charge in [-0.25, -0.2) is 4.39 Å². The smallest absolute Gasteiger partial charge is 0.313 e. The summed E-state index contributed by atoms with van der Waals surface area (Å²) in [5.74, 6) is -0.540. The van der Waals surface area contributed by atoms with Crippen molar-refractivity contribution in [3.05, 3.63) is 34.1 Å². The second kappa shape index (κ2) is 5.56. The van der Waals surface area contributed by atoms with Gasteiger partial charge in [-0.2, -0.15) is 0 Å². The Morgan fingerprint density at radius 1 is 1.50 bits per heavy atom.